The van der Waals surface area contributed by atoms with Crippen molar-refractivity contribution in [2.45, 2.75) is 439 Å². The average molecular weight is 1610 g/mol. The average Bonchev–Trinajstić information content (AvgIpc) is 0.770. The molecular weight excluding hydrogens is 1420 g/mol. The van der Waals surface area contributed by atoms with Gasteiger partial charge in [0.25, 0.3) is 0 Å². The van der Waals surface area contributed by atoms with Crippen molar-refractivity contribution in [2.24, 2.45) is 0 Å². The highest BCUT2D eigenvalue weighted by Crippen LogP contribution is 2.43. The van der Waals surface area contributed by atoms with Crippen molar-refractivity contribution in [3.8, 4) is 23.0 Å². The van der Waals surface area contributed by atoms with Gasteiger partial charge in [-0.2, -0.15) is 0 Å². The van der Waals surface area contributed by atoms with Gasteiger partial charge in [0.2, 0.25) is 0 Å². The second-order valence-corrected chi connectivity index (χ2v) is 41.3. The second-order valence-electron chi connectivity index (χ2n) is 41.3. The van der Waals surface area contributed by atoms with Gasteiger partial charge in [-0.05, 0) is 119 Å². The Morgan fingerprint density at radius 1 is 0.172 bits per heavy atom. The number of hydrogen-bond donors (Lipinski definition) is 0. The van der Waals surface area contributed by atoms with E-state index in [4.69, 9.17) is 18.9 Å². The van der Waals surface area contributed by atoms with Crippen LogP contribution in [0.2, 0.25) is 0 Å². The first kappa shape index (κ1) is 102. The van der Waals surface area contributed by atoms with Crippen molar-refractivity contribution < 1.29 is 36.9 Å². The van der Waals surface area contributed by atoms with E-state index < -0.39 is 0 Å². The number of hydrogen-bond acceptors (Lipinski definition) is 4. The summed E-state index contributed by atoms with van der Waals surface area (Å²) in [6, 6.07) is 20.5. The van der Waals surface area contributed by atoms with Crippen LogP contribution in [-0.2, 0) is 51.9 Å². The first-order valence-electron chi connectivity index (χ1n) is 50.3. The number of nitrogens with zero attached hydrogens (tertiary/aromatic N) is 4. The lowest BCUT2D eigenvalue weighted by Crippen LogP contribution is -2.33. The minimum absolute atomic E-state index is 0.712. The Kier molecular flexibility index (Phi) is 54.1. The van der Waals surface area contributed by atoms with E-state index in [0.717, 1.165) is 118 Å². The molecule has 0 heterocycles. The molecule has 0 amide bonds. The summed E-state index contributed by atoms with van der Waals surface area (Å²) in [4.78, 5) is 0. The second kappa shape index (κ2) is 61.3. The van der Waals surface area contributed by atoms with Crippen LogP contribution in [0.25, 0.3) is 0 Å². The summed E-state index contributed by atoms with van der Waals surface area (Å²) >= 11 is 0. The number of ether oxygens (including phenoxy) is 4. The molecule has 0 saturated heterocycles. The van der Waals surface area contributed by atoms with Crippen molar-refractivity contribution in [3.63, 3.8) is 0 Å². The van der Waals surface area contributed by atoms with E-state index >= 15 is 0 Å². The third kappa shape index (κ3) is 48.5. The largest absolute Gasteiger partial charge is 0.493 e. The lowest BCUT2D eigenvalue weighted by Gasteiger charge is -2.29. The molecule has 0 aromatic heterocycles. The predicted molar refractivity (Wildman–Crippen MR) is 507 cm³/mol. The fraction of sp³-hybridized carbons (Fsp3) is 0.778. The van der Waals surface area contributed by atoms with Gasteiger partial charge in [0, 0.05) is 47.9 Å². The molecule has 1 aliphatic carbocycles. The van der Waals surface area contributed by atoms with Crippen LogP contribution in [-0.4, -0.2) is 129 Å². The van der Waals surface area contributed by atoms with Crippen molar-refractivity contribution in [3.05, 3.63) is 115 Å². The molecule has 116 heavy (non-hydrogen) atoms. The number of quaternary nitrogens is 4. The Hall–Kier alpha value is -4.08. The van der Waals surface area contributed by atoms with E-state index in [2.05, 4.69) is 161 Å². The highest BCUT2D eigenvalue weighted by Gasteiger charge is 2.28. The van der Waals surface area contributed by atoms with E-state index in [1.807, 2.05) is 0 Å². The highest BCUT2D eigenvalue weighted by atomic mass is 16.5. The Balaban J connectivity index is 1.66. The van der Waals surface area contributed by atoms with Gasteiger partial charge < -0.3 is 36.9 Å². The summed E-state index contributed by atoms with van der Waals surface area (Å²) in [5, 5.41) is 0. The molecule has 4 aromatic rings. The lowest BCUT2D eigenvalue weighted by molar-refractivity contribution is -0.884. The topological polar surface area (TPSA) is 36.9 Å². The fourth-order valence-electron chi connectivity index (χ4n) is 18.4. The molecule has 8 bridgehead atoms. The molecule has 1 aliphatic rings. The molecule has 0 fully saturated rings. The monoisotopic (exact) mass is 1610 g/mol. The van der Waals surface area contributed by atoms with Gasteiger partial charge in [0.05, 0.1) is 111 Å². The summed E-state index contributed by atoms with van der Waals surface area (Å²) in [5.41, 5.74) is 15.8. The van der Waals surface area contributed by atoms with Gasteiger partial charge in [-0.15, -0.1) is 0 Å². The molecule has 0 unspecified atom stereocenters. The number of fused-ring (bicyclic) bond motifs is 8. The van der Waals surface area contributed by atoms with Gasteiger partial charge in [-0.1, -0.05) is 362 Å². The Labute approximate surface area is 721 Å². The number of unbranched alkanes of at least 4 members (excludes halogenated alkanes) is 52. The molecule has 0 saturated carbocycles. The van der Waals surface area contributed by atoms with Crippen molar-refractivity contribution in [1.82, 2.24) is 0 Å². The Morgan fingerprint density at radius 2 is 0.284 bits per heavy atom. The van der Waals surface area contributed by atoms with Crippen LogP contribution < -0.4 is 18.9 Å². The number of benzene rings is 4. The zero-order valence-corrected chi connectivity index (χ0v) is 80.1. The highest BCUT2D eigenvalue weighted by molar-refractivity contribution is 5.58. The van der Waals surface area contributed by atoms with Gasteiger partial charge in [0.1, 0.15) is 49.2 Å². The maximum Gasteiger partial charge on any atom is 0.126 e. The fourth-order valence-corrected chi connectivity index (χ4v) is 18.4. The van der Waals surface area contributed by atoms with E-state index in [9.17, 15) is 0 Å². The third-order valence-electron chi connectivity index (χ3n) is 24.3. The Bertz CT molecular complexity index is 2610. The van der Waals surface area contributed by atoms with Crippen LogP contribution in [0, 0.1) is 0 Å². The quantitative estimate of drug-likeness (QED) is 0.0287. The SMILES string of the molecule is CCCCCCCCCCCCCCCCOc1c2cc(C[N+](C)(C)C)cc1Cc1cc(C[N+](C)(C)C)cc(c1OCCCCCCCCCCCCCCCC)Cc1cc(C[N+](C)(C)C)cc(c1OCCCCCCCCCCCCCCCC)Cc1cc(C[N+](C)(C)C)cc(c1OCCCCCCCCCCCCCCCC)C2. The van der Waals surface area contributed by atoms with Gasteiger partial charge in [-0.3, -0.25) is 0 Å². The van der Waals surface area contributed by atoms with E-state index in [1.54, 1.807) is 0 Å². The van der Waals surface area contributed by atoms with Crippen LogP contribution in [0.4, 0.5) is 0 Å². The zero-order valence-electron chi connectivity index (χ0n) is 80.1. The van der Waals surface area contributed by atoms with Gasteiger partial charge in [-0.25, -0.2) is 0 Å². The molecule has 0 spiro atoms. The molecule has 664 valence electrons. The summed E-state index contributed by atoms with van der Waals surface area (Å²) in [5.74, 6) is 4.33. The summed E-state index contributed by atoms with van der Waals surface area (Å²) in [7, 11) is 28.4. The molecule has 5 rings (SSSR count). The molecule has 0 radical (unpaired) electrons. The molecule has 0 aliphatic heterocycles. The van der Waals surface area contributed by atoms with Gasteiger partial charge >= 0.3 is 0 Å². The van der Waals surface area contributed by atoms with Gasteiger partial charge in [0.15, 0.2) is 0 Å². The van der Waals surface area contributed by atoms with Crippen molar-refractivity contribution in [2.75, 3.05) is 111 Å². The van der Waals surface area contributed by atoms with E-state index in [-0.39, 0.29) is 0 Å². The van der Waals surface area contributed by atoms with Crippen LogP contribution >= 0.6 is 0 Å². The molecule has 8 nitrogen and oxygen atoms in total. The number of rotatable bonds is 72. The molecular formula is C108H192N4O4+4. The molecule has 0 N–H and O–H groups in total. The predicted octanol–water partition coefficient (Wildman–Crippen LogP) is 30.6. The smallest absolute Gasteiger partial charge is 0.126 e. The summed E-state index contributed by atoms with van der Waals surface area (Å²) in [6.45, 7) is 15.8. The molecule has 4 aromatic carbocycles. The normalized spacial score (nSPS) is 12.8. The van der Waals surface area contributed by atoms with Crippen LogP contribution in [0.3, 0.4) is 0 Å². The third-order valence-corrected chi connectivity index (χ3v) is 24.3. The van der Waals surface area contributed by atoms with Crippen LogP contribution in [0.15, 0.2) is 48.5 Å². The minimum atomic E-state index is 0.712. The van der Waals surface area contributed by atoms with Crippen molar-refractivity contribution in [1.29, 1.82) is 0 Å². The Morgan fingerprint density at radius 3 is 0.397 bits per heavy atom. The van der Waals surface area contributed by atoms with E-state index in [1.165, 1.54) is 401 Å². The maximum absolute atomic E-state index is 7.63. The van der Waals surface area contributed by atoms with Crippen LogP contribution in [0.1, 0.15) is 454 Å². The lowest BCUT2D eigenvalue weighted by atomic mass is 9.88. The van der Waals surface area contributed by atoms with E-state index in [0.29, 0.717) is 26.4 Å². The first-order valence-corrected chi connectivity index (χ1v) is 50.3. The first-order chi connectivity index (χ1) is 56.0. The molecule has 0 atom stereocenters. The minimum Gasteiger partial charge on any atom is -0.493 e. The zero-order chi connectivity index (χ0) is 83.8. The maximum atomic E-state index is 7.63. The van der Waals surface area contributed by atoms with Crippen molar-refractivity contribution >= 4 is 0 Å². The summed E-state index contributed by atoms with van der Waals surface area (Å²) < 4.78 is 33.9. The van der Waals surface area contributed by atoms with Crippen LogP contribution in [0.5, 0.6) is 23.0 Å². The summed E-state index contributed by atoms with van der Waals surface area (Å²) in [6.07, 6.45) is 78.0. The standard InChI is InChI=1S/C108H192N4O4/c1-17-21-25-29-33-37-41-45-49-53-57-61-65-69-73-113-105-97-77-93(89-109(5,6)7)78-98(105)86-100-80-95(91-111(11,12)13)82-102(107(100)115-75-71-67-63-59-55-51-47-43-39-35-31-27-23-19-3)88-104-84-96(92-112(14,15)16)83-103(108(104)116-76-72-68-64-60-56-52-48-44-40-36-32-28-24-20-4)87-101-81-94(90-110(8,9)10)79-99(85-97)106(101)114-74-70-66-62-58-54-50-46-42-38-34-30-26-22-18-2/h77-84H,17-76,85-92H2,1-16H3/q+4. The molecule has 8 heteroatoms.